The van der Waals surface area contributed by atoms with Crippen molar-refractivity contribution in [3.63, 3.8) is 0 Å². The molecule has 1 aliphatic rings. The van der Waals surface area contributed by atoms with E-state index in [1.165, 1.54) is 13.8 Å². The smallest absolute Gasteiger partial charge is 0.221 e. The molecule has 0 saturated carbocycles. The van der Waals surface area contributed by atoms with Crippen LogP contribution in [0.1, 0.15) is 38.4 Å². The second kappa shape index (κ2) is 6.52. The van der Waals surface area contributed by atoms with Gasteiger partial charge >= 0.3 is 0 Å². The fourth-order valence-electron chi connectivity index (χ4n) is 2.43. The van der Waals surface area contributed by atoms with Crippen molar-refractivity contribution in [2.75, 3.05) is 11.9 Å². The predicted molar refractivity (Wildman–Crippen MR) is 76.3 cm³/mol. The Morgan fingerprint density at radius 3 is 2.45 bits per heavy atom. The standard InChI is InChI=1S/C15H20N2O3/c1-10(18)16-13-5-3-12(4-6-13)15-9-14(7-8-20-15)17-11(2)19/h3-6,14-15H,7-9H2,1-2H3,(H,16,18)(H,17,19)/t14-,15+/m0/s1. The minimum Gasteiger partial charge on any atom is -0.373 e. The summed E-state index contributed by atoms with van der Waals surface area (Å²) in [6.45, 7) is 3.66. The van der Waals surface area contributed by atoms with Gasteiger partial charge in [-0.3, -0.25) is 9.59 Å². The quantitative estimate of drug-likeness (QED) is 0.887. The van der Waals surface area contributed by atoms with Crippen LogP contribution in [0.4, 0.5) is 5.69 Å². The van der Waals surface area contributed by atoms with Gasteiger partial charge < -0.3 is 15.4 Å². The number of carbonyl (C=O) groups is 2. The first-order valence-electron chi connectivity index (χ1n) is 6.81. The average molecular weight is 276 g/mol. The minimum atomic E-state index is -0.0858. The summed E-state index contributed by atoms with van der Waals surface area (Å²) < 4.78 is 5.76. The lowest BCUT2D eigenvalue weighted by Crippen LogP contribution is -2.38. The third kappa shape index (κ3) is 4.06. The molecule has 1 heterocycles. The lowest BCUT2D eigenvalue weighted by molar-refractivity contribution is -0.120. The number of rotatable bonds is 3. The summed E-state index contributed by atoms with van der Waals surface area (Å²) in [7, 11) is 0. The maximum Gasteiger partial charge on any atom is 0.221 e. The molecular formula is C15H20N2O3. The van der Waals surface area contributed by atoms with Gasteiger partial charge in [-0.1, -0.05) is 12.1 Å². The number of hydrogen-bond acceptors (Lipinski definition) is 3. The van der Waals surface area contributed by atoms with E-state index in [0.29, 0.717) is 6.61 Å². The molecule has 2 rings (SSSR count). The first-order valence-corrected chi connectivity index (χ1v) is 6.81. The van der Waals surface area contributed by atoms with Crippen LogP contribution >= 0.6 is 0 Å². The highest BCUT2D eigenvalue weighted by atomic mass is 16.5. The van der Waals surface area contributed by atoms with E-state index in [-0.39, 0.29) is 24.0 Å². The van der Waals surface area contributed by atoms with Gasteiger partial charge in [-0.25, -0.2) is 0 Å². The molecule has 0 aromatic heterocycles. The summed E-state index contributed by atoms with van der Waals surface area (Å²) in [5.74, 6) is -0.0888. The van der Waals surface area contributed by atoms with E-state index in [9.17, 15) is 9.59 Å². The maximum absolute atomic E-state index is 11.1. The summed E-state index contributed by atoms with van der Waals surface area (Å²) in [6.07, 6.45) is 1.62. The van der Waals surface area contributed by atoms with Crippen LogP contribution in [0, 0.1) is 0 Å². The van der Waals surface area contributed by atoms with Gasteiger partial charge in [-0.15, -0.1) is 0 Å². The molecule has 0 aliphatic carbocycles. The molecule has 1 aromatic rings. The van der Waals surface area contributed by atoms with Crippen LogP contribution in [0.25, 0.3) is 0 Å². The number of ether oxygens (including phenoxy) is 1. The van der Waals surface area contributed by atoms with E-state index in [4.69, 9.17) is 4.74 Å². The first kappa shape index (κ1) is 14.5. The lowest BCUT2D eigenvalue weighted by atomic mass is 9.97. The molecular weight excluding hydrogens is 256 g/mol. The number of benzene rings is 1. The number of hydrogen-bond donors (Lipinski definition) is 2. The average Bonchev–Trinajstić information content (AvgIpc) is 2.38. The Hall–Kier alpha value is -1.88. The van der Waals surface area contributed by atoms with Gasteiger partial charge in [0.25, 0.3) is 0 Å². The van der Waals surface area contributed by atoms with Gasteiger partial charge in [0.05, 0.1) is 6.10 Å². The van der Waals surface area contributed by atoms with Gasteiger partial charge in [0.2, 0.25) is 11.8 Å². The minimum absolute atomic E-state index is 0.00310. The van der Waals surface area contributed by atoms with Gasteiger partial charge in [0.1, 0.15) is 0 Å². The van der Waals surface area contributed by atoms with Crippen LogP contribution in [-0.2, 0) is 14.3 Å². The monoisotopic (exact) mass is 276 g/mol. The van der Waals surface area contributed by atoms with Crippen molar-refractivity contribution in [3.05, 3.63) is 29.8 Å². The molecule has 2 N–H and O–H groups in total. The molecule has 108 valence electrons. The normalized spacial score (nSPS) is 22.1. The maximum atomic E-state index is 11.1. The summed E-state index contributed by atoms with van der Waals surface area (Å²) in [4.78, 5) is 22.1. The highest BCUT2D eigenvalue weighted by Crippen LogP contribution is 2.28. The Balaban J connectivity index is 1.99. The van der Waals surface area contributed by atoms with Crippen LogP contribution in [0.5, 0.6) is 0 Å². The van der Waals surface area contributed by atoms with Gasteiger partial charge in [0.15, 0.2) is 0 Å². The van der Waals surface area contributed by atoms with E-state index in [2.05, 4.69) is 10.6 Å². The van der Waals surface area contributed by atoms with Crippen molar-refractivity contribution in [2.24, 2.45) is 0 Å². The molecule has 0 bridgehead atoms. The van der Waals surface area contributed by atoms with E-state index in [1.54, 1.807) is 0 Å². The van der Waals surface area contributed by atoms with Crippen LogP contribution in [0.3, 0.4) is 0 Å². The van der Waals surface area contributed by atoms with E-state index < -0.39 is 0 Å². The van der Waals surface area contributed by atoms with E-state index in [0.717, 1.165) is 24.1 Å². The zero-order valence-electron chi connectivity index (χ0n) is 11.8. The molecule has 1 aromatic carbocycles. The zero-order valence-corrected chi connectivity index (χ0v) is 11.8. The Labute approximate surface area is 118 Å². The Morgan fingerprint density at radius 1 is 1.15 bits per heavy atom. The lowest BCUT2D eigenvalue weighted by Gasteiger charge is -2.30. The highest BCUT2D eigenvalue weighted by Gasteiger charge is 2.24. The van der Waals surface area contributed by atoms with Crippen molar-refractivity contribution < 1.29 is 14.3 Å². The van der Waals surface area contributed by atoms with Gasteiger partial charge in [-0.2, -0.15) is 0 Å². The SMILES string of the molecule is CC(=O)Nc1ccc([C@H]2C[C@@H](NC(C)=O)CCO2)cc1. The van der Waals surface area contributed by atoms with Crippen LogP contribution in [0.15, 0.2) is 24.3 Å². The fraction of sp³-hybridized carbons (Fsp3) is 0.467. The van der Waals surface area contributed by atoms with Crippen molar-refractivity contribution in [3.8, 4) is 0 Å². The van der Waals surface area contributed by atoms with Crippen LogP contribution in [-0.4, -0.2) is 24.5 Å². The topological polar surface area (TPSA) is 67.4 Å². The highest BCUT2D eigenvalue weighted by molar-refractivity contribution is 5.88. The molecule has 0 unspecified atom stereocenters. The fourth-order valence-corrected chi connectivity index (χ4v) is 2.43. The molecule has 20 heavy (non-hydrogen) atoms. The Bertz CT molecular complexity index is 484. The summed E-state index contributed by atoms with van der Waals surface area (Å²) in [6, 6.07) is 7.80. The third-order valence-electron chi connectivity index (χ3n) is 3.29. The van der Waals surface area contributed by atoms with Crippen molar-refractivity contribution in [2.45, 2.75) is 38.8 Å². The molecule has 5 heteroatoms. The number of nitrogens with one attached hydrogen (secondary N) is 2. The second-order valence-corrected chi connectivity index (χ2v) is 5.08. The predicted octanol–water partition coefficient (Wildman–Crippen LogP) is 2.00. The number of carbonyl (C=O) groups excluding carboxylic acids is 2. The summed E-state index contributed by atoms with van der Waals surface area (Å²) >= 11 is 0. The van der Waals surface area contributed by atoms with E-state index >= 15 is 0 Å². The van der Waals surface area contributed by atoms with Gasteiger partial charge in [-0.05, 0) is 30.5 Å². The molecule has 0 radical (unpaired) electrons. The number of anilines is 1. The second-order valence-electron chi connectivity index (χ2n) is 5.08. The first-order chi connectivity index (χ1) is 9.54. The van der Waals surface area contributed by atoms with Gasteiger partial charge in [0, 0.05) is 32.2 Å². The molecule has 2 atom stereocenters. The Kier molecular flexibility index (Phi) is 4.74. The van der Waals surface area contributed by atoms with Crippen LogP contribution in [0.2, 0.25) is 0 Å². The van der Waals surface area contributed by atoms with Crippen molar-refractivity contribution >= 4 is 17.5 Å². The molecule has 5 nitrogen and oxygen atoms in total. The van der Waals surface area contributed by atoms with Crippen LogP contribution < -0.4 is 10.6 Å². The molecule has 1 fully saturated rings. The zero-order chi connectivity index (χ0) is 14.5. The molecule has 0 spiro atoms. The third-order valence-corrected chi connectivity index (χ3v) is 3.29. The molecule has 1 aliphatic heterocycles. The Morgan fingerprint density at radius 2 is 1.85 bits per heavy atom. The summed E-state index contributed by atoms with van der Waals surface area (Å²) in [5.41, 5.74) is 1.84. The molecule has 2 amide bonds. The largest absolute Gasteiger partial charge is 0.373 e. The summed E-state index contributed by atoms with van der Waals surface area (Å²) in [5, 5.41) is 5.68. The van der Waals surface area contributed by atoms with E-state index in [1.807, 2.05) is 24.3 Å². The van der Waals surface area contributed by atoms with Crippen molar-refractivity contribution in [1.82, 2.24) is 5.32 Å². The molecule has 1 saturated heterocycles. The van der Waals surface area contributed by atoms with Crippen molar-refractivity contribution in [1.29, 1.82) is 0 Å². The number of amides is 2.